The minimum atomic E-state index is -0.728. The summed E-state index contributed by atoms with van der Waals surface area (Å²) in [5, 5.41) is 9.43. The van der Waals surface area contributed by atoms with Gasteiger partial charge in [-0.3, -0.25) is 9.69 Å². The number of fused-ring (bicyclic) bond motifs is 1. The lowest BCUT2D eigenvalue weighted by Gasteiger charge is -2.33. The molecule has 2 heterocycles. The van der Waals surface area contributed by atoms with Crippen LogP contribution in [0.1, 0.15) is 37.3 Å². The summed E-state index contributed by atoms with van der Waals surface area (Å²) in [6.07, 6.45) is 3.79. The van der Waals surface area contributed by atoms with Crippen LogP contribution in [0.2, 0.25) is 0 Å². The number of rotatable bonds is 4. The zero-order valence-corrected chi connectivity index (χ0v) is 13.2. The van der Waals surface area contributed by atoms with E-state index in [0.717, 1.165) is 54.9 Å². The summed E-state index contributed by atoms with van der Waals surface area (Å²) in [6.45, 7) is 3.47. The maximum Gasteiger partial charge on any atom is 0.320 e. The number of piperidine rings is 1. The predicted octanol–water partition coefficient (Wildman–Crippen LogP) is 2.46. The van der Waals surface area contributed by atoms with Gasteiger partial charge in [0.15, 0.2) is 0 Å². The van der Waals surface area contributed by atoms with Gasteiger partial charge in [0.05, 0.1) is 7.11 Å². The summed E-state index contributed by atoms with van der Waals surface area (Å²) in [5.74, 6) is 1.01. The van der Waals surface area contributed by atoms with E-state index in [1.807, 2.05) is 17.0 Å². The molecule has 0 radical (unpaired) electrons. The Kier molecular flexibility index (Phi) is 4.25. The van der Waals surface area contributed by atoms with Crippen LogP contribution in [0.25, 0.3) is 0 Å². The van der Waals surface area contributed by atoms with Gasteiger partial charge in [-0.15, -0.1) is 0 Å². The molecule has 1 saturated heterocycles. The Morgan fingerprint density at radius 1 is 1.45 bits per heavy atom. The van der Waals surface area contributed by atoms with Gasteiger partial charge in [0, 0.05) is 24.1 Å². The largest absolute Gasteiger partial charge is 0.497 e. The van der Waals surface area contributed by atoms with E-state index in [9.17, 15) is 9.90 Å². The summed E-state index contributed by atoms with van der Waals surface area (Å²) >= 11 is 0. The molecule has 5 nitrogen and oxygen atoms in total. The number of benzene rings is 1. The SMILES string of the molecule is COc1cc2c(c(CN3CCCCC3C(=O)O)c1)OC(C)C2. The second-order valence-corrected chi connectivity index (χ2v) is 6.23. The number of nitrogens with zero attached hydrogens (tertiary/aromatic N) is 1. The van der Waals surface area contributed by atoms with E-state index in [0.29, 0.717) is 6.54 Å². The number of ether oxygens (including phenoxy) is 2. The molecule has 120 valence electrons. The number of methoxy groups -OCH3 is 1. The zero-order valence-electron chi connectivity index (χ0n) is 13.2. The minimum absolute atomic E-state index is 0.164. The first-order valence-electron chi connectivity index (χ1n) is 7.91. The average Bonchev–Trinajstić information content (AvgIpc) is 2.88. The summed E-state index contributed by atoms with van der Waals surface area (Å²) < 4.78 is 11.3. The molecule has 2 aliphatic rings. The third-order valence-electron chi connectivity index (χ3n) is 4.55. The summed E-state index contributed by atoms with van der Waals surface area (Å²) in [6, 6.07) is 3.60. The highest BCUT2D eigenvalue weighted by atomic mass is 16.5. The fourth-order valence-corrected chi connectivity index (χ4v) is 3.49. The highest BCUT2D eigenvalue weighted by Gasteiger charge is 2.31. The lowest BCUT2D eigenvalue weighted by Crippen LogP contribution is -2.44. The number of carbonyl (C=O) groups is 1. The minimum Gasteiger partial charge on any atom is -0.497 e. The van der Waals surface area contributed by atoms with Crippen molar-refractivity contribution >= 4 is 5.97 Å². The van der Waals surface area contributed by atoms with Gasteiger partial charge in [-0.25, -0.2) is 0 Å². The van der Waals surface area contributed by atoms with Crippen LogP contribution in [0.15, 0.2) is 12.1 Å². The normalized spacial score (nSPS) is 24.6. The first-order chi connectivity index (χ1) is 10.6. The highest BCUT2D eigenvalue weighted by Crippen LogP contribution is 2.37. The second-order valence-electron chi connectivity index (χ2n) is 6.23. The standard InChI is InChI=1S/C17H23NO4/c1-11-7-12-8-14(21-2)9-13(16(12)22-11)10-18-6-4-3-5-15(18)17(19)20/h8-9,11,15H,3-7,10H2,1-2H3,(H,19,20). The van der Waals surface area contributed by atoms with Crippen molar-refractivity contribution < 1.29 is 19.4 Å². The monoisotopic (exact) mass is 305 g/mol. The van der Waals surface area contributed by atoms with Crippen LogP contribution < -0.4 is 9.47 Å². The first-order valence-corrected chi connectivity index (χ1v) is 7.91. The van der Waals surface area contributed by atoms with E-state index < -0.39 is 12.0 Å². The molecule has 2 unspecified atom stereocenters. The van der Waals surface area contributed by atoms with E-state index in [4.69, 9.17) is 9.47 Å². The summed E-state index contributed by atoms with van der Waals surface area (Å²) in [7, 11) is 1.66. The Hall–Kier alpha value is -1.75. The fourth-order valence-electron chi connectivity index (χ4n) is 3.49. The van der Waals surface area contributed by atoms with E-state index in [-0.39, 0.29) is 6.10 Å². The average molecular weight is 305 g/mol. The smallest absolute Gasteiger partial charge is 0.320 e. The maximum atomic E-state index is 11.5. The quantitative estimate of drug-likeness (QED) is 0.926. The van der Waals surface area contributed by atoms with Crippen LogP contribution in [-0.2, 0) is 17.8 Å². The second kappa shape index (κ2) is 6.16. The van der Waals surface area contributed by atoms with Crippen LogP contribution in [0.3, 0.4) is 0 Å². The summed E-state index contributed by atoms with van der Waals surface area (Å²) in [5.41, 5.74) is 2.19. The topological polar surface area (TPSA) is 59.0 Å². The molecule has 2 aliphatic heterocycles. The van der Waals surface area contributed by atoms with Gasteiger partial charge in [0.1, 0.15) is 23.6 Å². The van der Waals surface area contributed by atoms with Crippen molar-refractivity contribution in [1.82, 2.24) is 4.90 Å². The Labute approximate surface area is 130 Å². The van der Waals surface area contributed by atoms with Gasteiger partial charge in [0.25, 0.3) is 0 Å². The Morgan fingerprint density at radius 2 is 2.27 bits per heavy atom. The molecule has 5 heteroatoms. The van der Waals surface area contributed by atoms with Gasteiger partial charge in [-0.05, 0) is 38.4 Å². The lowest BCUT2D eigenvalue weighted by atomic mass is 10.00. The number of hydrogen-bond acceptors (Lipinski definition) is 4. The van der Waals surface area contributed by atoms with Crippen molar-refractivity contribution in [3.05, 3.63) is 23.3 Å². The number of carboxylic acid groups (broad SMARTS) is 1. The van der Waals surface area contributed by atoms with Crippen LogP contribution in [0, 0.1) is 0 Å². The number of carboxylic acids is 1. The number of hydrogen-bond donors (Lipinski definition) is 1. The van der Waals surface area contributed by atoms with Gasteiger partial charge in [0.2, 0.25) is 0 Å². The number of likely N-dealkylation sites (tertiary alicyclic amines) is 1. The third kappa shape index (κ3) is 2.90. The molecule has 2 atom stereocenters. The van der Waals surface area contributed by atoms with Crippen LogP contribution in [0.4, 0.5) is 0 Å². The molecule has 0 spiro atoms. The zero-order chi connectivity index (χ0) is 15.7. The molecular formula is C17H23NO4. The van der Waals surface area contributed by atoms with E-state index in [1.165, 1.54) is 0 Å². The molecule has 0 bridgehead atoms. The maximum absolute atomic E-state index is 11.5. The molecule has 0 aromatic heterocycles. The van der Waals surface area contributed by atoms with E-state index >= 15 is 0 Å². The van der Waals surface area contributed by atoms with E-state index in [2.05, 4.69) is 6.92 Å². The van der Waals surface area contributed by atoms with Gasteiger partial charge >= 0.3 is 5.97 Å². The molecular weight excluding hydrogens is 282 g/mol. The van der Waals surface area contributed by atoms with Crippen molar-refractivity contribution in [2.24, 2.45) is 0 Å². The Morgan fingerprint density at radius 3 is 3.00 bits per heavy atom. The van der Waals surface area contributed by atoms with Crippen molar-refractivity contribution in [2.75, 3.05) is 13.7 Å². The van der Waals surface area contributed by atoms with Gasteiger partial charge in [-0.2, -0.15) is 0 Å². The van der Waals surface area contributed by atoms with Crippen molar-refractivity contribution in [3.63, 3.8) is 0 Å². The molecule has 3 rings (SSSR count). The molecule has 1 aromatic rings. The molecule has 0 saturated carbocycles. The fraction of sp³-hybridized carbons (Fsp3) is 0.588. The Bertz CT molecular complexity index is 572. The van der Waals surface area contributed by atoms with Crippen molar-refractivity contribution in [3.8, 4) is 11.5 Å². The van der Waals surface area contributed by atoms with Gasteiger partial charge < -0.3 is 14.6 Å². The molecule has 1 aromatic carbocycles. The summed E-state index contributed by atoms with van der Waals surface area (Å²) in [4.78, 5) is 13.5. The molecule has 0 amide bonds. The first kappa shape index (κ1) is 15.2. The predicted molar refractivity (Wildman–Crippen MR) is 82.5 cm³/mol. The highest BCUT2D eigenvalue weighted by molar-refractivity contribution is 5.73. The lowest BCUT2D eigenvalue weighted by molar-refractivity contribution is -0.144. The van der Waals surface area contributed by atoms with Crippen molar-refractivity contribution in [1.29, 1.82) is 0 Å². The number of aliphatic carboxylic acids is 1. The Balaban J connectivity index is 1.88. The van der Waals surface area contributed by atoms with E-state index in [1.54, 1.807) is 7.11 Å². The van der Waals surface area contributed by atoms with Crippen LogP contribution in [-0.4, -0.2) is 41.8 Å². The van der Waals surface area contributed by atoms with Gasteiger partial charge in [-0.1, -0.05) is 6.42 Å². The molecule has 1 N–H and O–H groups in total. The molecule has 0 aliphatic carbocycles. The molecule has 22 heavy (non-hydrogen) atoms. The third-order valence-corrected chi connectivity index (χ3v) is 4.55. The van der Waals surface area contributed by atoms with Crippen LogP contribution in [0.5, 0.6) is 11.5 Å². The van der Waals surface area contributed by atoms with Crippen LogP contribution >= 0.6 is 0 Å². The van der Waals surface area contributed by atoms with Crippen molar-refractivity contribution in [2.45, 2.75) is 51.3 Å². The molecule has 1 fully saturated rings.